The van der Waals surface area contributed by atoms with E-state index in [-0.39, 0.29) is 5.56 Å². The Bertz CT molecular complexity index is 560. The van der Waals surface area contributed by atoms with Crippen molar-refractivity contribution < 1.29 is 9.50 Å². The van der Waals surface area contributed by atoms with Gasteiger partial charge in [-0.2, -0.15) is 0 Å². The van der Waals surface area contributed by atoms with Crippen molar-refractivity contribution in [2.24, 2.45) is 0 Å². The van der Waals surface area contributed by atoms with E-state index in [0.29, 0.717) is 4.47 Å². The molecule has 1 unspecified atom stereocenters. The van der Waals surface area contributed by atoms with Crippen LogP contribution in [0, 0.1) is 19.7 Å². The van der Waals surface area contributed by atoms with E-state index < -0.39 is 11.9 Å². The quantitative estimate of drug-likeness (QED) is 0.877. The molecule has 3 heteroatoms. The molecule has 0 aromatic heterocycles. The molecule has 2 rings (SSSR count). The SMILES string of the molecule is Cc1cccc(C(O)c2c(F)cccc2Br)c1C. The summed E-state index contributed by atoms with van der Waals surface area (Å²) in [4.78, 5) is 0. The van der Waals surface area contributed by atoms with E-state index in [9.17, 15) is 9.50 Å². The second kappa shape index (κ2) is 5.21. The zero-order valence-corrected chi connectivity index (χ0v) is 11.8. The van der Waals surface area contributed by atoms with E-state index in [1.165, 1.54) is 6.07 Å². The monoisotopic (exact) mass is 308 g/mol. The standard InChI is InChI=1S/C15H14BrFO/c1-9-5-3-6-11(10(9)2)15(18)14-12(16)7-4-8-13(14)17/h3-8,15,18H,1-2H3. The van der Waals surface area contributed by atoms with Gasteiger partial charge in [0.1, 0.15) is 11.9 Å². The Morgan fingerprint density at radius 2 is 1.78 bits per heavy atom. The molecule has 94 valence electrons. The van der Waals surface area contributed by atoms with Gasteiger partial charge in [-0.25, -0.2) is 4.39 Å². The first-order valence-corrected chi connectivity index (χ1v) is 6.49. The Morgan fingerprint density at radius 3 is 2.44 bits per heavy atom. The first-order chi connectivity index (χ1) is 8.52. The van der Waals surface area contributed by atoms with Crippen LogP contribution in [0.2, 0.25) is 0 Å². The average molecular weight is 309 g/mol. The first kappa shape index (κ1) is 13.2. The van der Waals surface area contributed by atoms with Crippen molar-refractivity contribution in [3.05, 3.63) is 68.9 Å². The van der Waals surface area contributed by atoms with Gasteiger partial charge in [-0.3, -0.25) is 0 Å². The topological polar surface area (TPSA) is 20.2 Å². The number of aliphatic hydroxyl groups is 1. The summed E-state index contributed by atoms with van der Waals surface area (Å²) in [6, 6.07) is 10.4. The number of halogens is 2. The Hall–Kier alpha value is -1.19. The maximum Gasteiger partial charge on any atom is 0.130 e. The number of aliphatic hydroxyl groups excluding tert-OH is 1. The van der Waals surface area contributed by atoms with Gasteiger partial charge in [-0.15, -0.1) is 0 Å². The Labute approximate surface area is 114 Å². The Balaban J connectivity index is 2.55. The van der Waals surface area contributed by atoms with Crippen LogP contribution >= 0.6 is 15.9 Å². The van der Waals surface area contributed by atoms with Crippen LogP contribution in [0.4, 0.5) is 4.39 Å². The molecule has 0 fully saturated rings. The zero-order valence-electron chi connectivity index (χ0n) is 10.2. The predicted molar refractivity (Wildman–Crippen MR) is 74.1 cm³/mol. The van der Waals surface area contributed by atoms with E-state index in [1.807, 2.05) is 32.0 Å². The van der Waals surface area contributed by atoms with Gasteiger partial charge in [0.25, 0.3) is 0 Å². The van der Waals surface area contributed by atoms with Crippen LogP contribution in [-0.2, 0) is 0 Å². The molecule has 0 heterocycles. The van der Waals surface area contributed by atoms with Gasteiger partial charge in [0.05, 0.1) is 0 Å². The fraction of sp³-hybridized carbons (Fsp3) is 0.200. The lowest BCUT2D eigenvalue weighted by Gasteiger charge is -2.17. The largest absolute Gasteiger partial charge is 0.383 e. The highest BCUT2D eigenvalue weighted by Crippen LogP contribution is 2.32. The molecule has 1 nitrogen and oxygen atoms in total. The molecule has 2 aromatic carbocycles. The van der Waals surface area contributed by atoms with Crippen LogP contribution in [-0.4, -0.2) is 5.11 Å². The van der Waals surface area contributed by atoms with Gasteiger partial charge in [0.15, 0.2) is 0 Å². The van der Waals surface area contributed by atoms with Gasteiger partial charge >= 0.3 is 0 Å². The number of rotatable bonds is 2. The summed E-state index contributed by atoms with van der Waals surface area (Å²) in [7, 11) is 0. The molecular weight excluding hydrogens is 295 g/mol. The third-order valence-electron chi connectivity index (χ3n) is 3.21. The van der Waals surface area contributed by atoms with Crippen LogP contribution in [0.3, 0.4) is 0 Å². The third kappa shape index (κ3) is 2.33. The summed E-state index contributed by atoms with van der Waals surface area (Å²) >= 11 is 3.29. The molecule has 0 amide bonds. The van der Waals surface area contributed by atoms with Crippen molar-refractivity contribution >= 4 is 15.9 Å². The molecule has 0 saturated heterocycles. The molecule has 0 radical (unpaired) electrons. The van der Waals surface area contributed by atoms with Gasteiger partial charge in [0, 0.05) is 10.0 Å². The molecular formula is C15H14BrFO. The molecule has 0 aliphatic rings. The van der Waals surface area contributed by atoms with E-state index in [4.69, 9.17) is 0 Å². The normalized spacial score (nSPS) is 12.5. The van der Waals surface area contributed by atoms with Gasteiger partial charge < -0.3 is 5.11 Å². The van der Waals surface area contributed by atoms with Crippen LogP contribution in [0.15, 0.2) is 40.9 Å². The fourth-order valence-electron chi connectivity index (χ4n) is 2.00. The fourth-order valence-corrected chi connectivity index (χ4v) is 2.56. The average Bonchev–Trinajstić information content (AvgIpc) is 2.32. The molecule has 0 aliphatic heterocycles. The van der Waals surface area contributed by atoms with Gasteiger partial charge in [0.2, 0.25) is 0 Å². The van der Waals surface area contributed by atoms with Crippen molar-refractivity contribution in [1.29, 1.82) is 0 Å². The molecule has 18 heavy (non-hydrogen) atoms. The molecule has 0 spiro atoms. The molecule has 0 bridgehead atoms. The maximum absolute atomic E-state index is 13.8. The Kier molecular flexibility index (Phi) is 3.83. The lowest BCUT2D eigenvalue weighted by molar-refractivity contribution is 0.213. The summed E-state index contributed by atoms with van der Waals surface area (Å²) < 4.78 is 14.4. The minimum absolute atomic E-state index is 0.284. The molecule has 2 aromatic rings. The number of hydrogen-bond acceptors (Lipinski definition) is 1. The highest BCUT2D eigenvalue weighted by Gasteiger charge is 2.19. The van der Waals surface area contributed by atoms with E-state index in [1.54, 1.807) is 12.1 Å². The van der Waals surface area contributed by atoms with E-state index in [2.05, 4.69) is 15.9 Å². The van der Waals surface area contributed by atoms with Crippen molar-refractivity contribution in [3.63, 3.8) is 0 Å². The Morgan fingerprint density at radius 1 is 1.11 bits per heavy atom. The zero-order chi connectivity index (χ0) is 13.3. The van der Waals surface area contributed by atoms with Crippen molar-refractivity contribution in [3.8, 4) is 0 Å². The summed E-state index contributed by atoms with van der Waals surface area (Å²) in [5, 5.41) is 10.4. The van der Waals surface area contributed by atoms with Crippen LogP contribution in [0.5, 0.6) is 0 Å². The highest BCUT2D eigenvalue weighted by molar-refractivity contribution is 9.10. The number of hydrogen-bond donors (Lipinski definition) is 1. The summed E-state index contributed by atoms with van der Waals surface area (Å²) in [6.45, 7) is 3.91. The third-order valence-corrected chi connectivity index (χ3v) is 3.91. The maximum atomic E-state index is 13.8. The molecule has 1 atom stereocenters. The minimum Gasteiger partial charge on any atom is -0.383 e. The second-order valence-corrected chi connectivity index (χ2v) is 5.18. The molecule has 0 saturated carbocycles. The number of benzene rings is 2. The van der Waals surface area contributed by atoms with Crippen molar-refractivity contribution in [2.75, 3.05) is 0 Å². The minimum atomic E-state index is -0.958. The first-order valence-electron chi connectivity index (χ1n) is 5.70. The van der Waals surface area contributed by atoms with Crippen LogP contribution in [0.1, 0.15) is 28.4 Å². The smallest absolute Gasteiger partial charge is 0.130 e. The van der Waals surface area contributed by atoms with Crippen molar-refractivity contribution in [1.82, 2.24) is 0 Å². The van der Waals surface area contributed by atoms with Crippen LogP contribution < -0.4 is 0 Å². The summed E-state index contributed by atoms with van der Waals surface area (Å²) in [5.74, 6) is -0.405. The highest BCUT2D eigenvalue weighted by atomic mass is 79.9. The van der Waals surface area contributed by atoms with Gasteiger partial charge in [-0.05, 0) is 42.7 Å². The predicted octanol–water partition coefficient (Wildman–Crippen LogP) is 4.29. The van der Waals surface area contributed by atoms with Gasteiger partial charge in [-0.1, -0.05) is 40.2 Å². The van der Waals surface area contributed by atoms with E-state index in [0.717, 1.165) is 16.7 Å². The van der Waals surface area contributed by atoms with Crippen molar-refractivity contribution in [2.45, 2.75) is 20.0 Å². The number of aryl methyl sites for hydroxylation is 1. The summed E-state index contributed by atoms with van der Waals surface area (Å²) in [6.07, 6.45) is -0.958. The second-order valence-electron chi connectivity index (χ2n) is 4.33. The lowest BCUT2D eigenvalue weighted by atomic mass is 9.94. The summed E-state index contributed by atoms with van der Waals surface area (Å²) in [5.41, 5.74) is 3.09. The molecule has 1 N–H and O–H groups in total. The lowest BCUT2D eigenvalue weighted by Crippen LogP contribution is -2.06. The van der Waals surface area contributed by atoms with E-state index >= 15 is 0 Å². The molecule has 0 aliphatic carbocycles. The van der Waals surface area contributed by atoms with Crippen LogP contribution in [0.25, 0.3) is 0 Å².